The van der Waals surface area contributed by atoms with Crippen LogP contribution < -0.4 is 0 Å². The van der Waals surface area contributed by atoms with Crippen molar-refractivity contribution >= 4 is 32.3 Å². The summed E-state index contributed by atoms with van der Waals surface area (Å²) in [6.07, 6.45) is 0. The van der Waals surface area contributed by atoms with Crippen LogP contribution in [0.25, 0.3) is 77.6 Å². The van der Waals surface area contributed by atoms with Gasteiger partial charge in [0.05, 0.1) is 0 Å². The summed E-state index contributed by atoms with van der Waals surface area (Å²) in [7, 11) is 0. The first-order valence-corrected chi connectivity index (χ1v) is 14.1. The van der Waals surface area contributed by atoms with Gasteiger partial charge in [0.25, 0.3) is 0 Å². The van der Waals surface area contributed by atoms with Crippen LogP contribution in [0.2, 0.25) is 0 Å². The van der Waals surface area contributed by atoms with E-state index in [1.165, 1.54) is 21.5 Å². The third-order valence-corrected chi connectivity index (χ3v) is 7.85. The number of benzene rings is 7. The van der Waals surface area contributed by atoms with E-state index < -0.39 is 0 Å². The monoisotopic (exact) mass is 535 g/mol. The van der Waals surface area contributed by atoms with Gasteiger partial charge in [0.2, 0.25) is 0 Å². The van der Waals surface area contributed by atoms with E-state index in [0.29, 0.717) is 17.5 Å². The highest BCUT2D eigenvalue weighted by Crippen LogP contribution is 2.31. The largest absolute Gasteiger partial charge is 0.208 e. The van der Waals surface area contributed by atoms with Gasteiger partial charge in [-0.05, 0) is 67.7 Å². The van der Waals surface area contributed by atoms with Crippen molar-refractivity contribution in [3.63, 3.8) is 0 Å². The average Bonchev–Trinajstić information content (AvgIpc) is 3.07. The van der Waals surface area contributed by atoms with Crippen LogP contribution in [0.1, 0.15) is 0 Å². The van der Waals surface area contributed by atoms with Crippen LogP contribution in [0.15, 0.2) is 152 Å². The van der Waals surface area contributed by atoms with Gasteiger partial charge in [0.15, 0.2) is 17.5 Å². The predicted molar refractivity (Wildman–Crippen MR) is 174 cm³/mol. The zero-order valence-corrected chi connectivity index (χ0v) is 22.8. The molecule has 0 spiro atoms. The zero-order valence-electron chi connectivity index (χ0n) is 22.8. The van der Waals surface area contributed by atoms with Gasteiger partial charge in [0, 0.05) is 16.7 Å². The first kappa shape index (κ1) is 24.2. The van der Waals surface area contributed by atoms with Crippen LogP contribution in [0.5, 0.6) is 0 Å². The fraction of sp³-hybridized carbons (Fsp3) is 0. The van der Waals surface area contributed by atoms with Crippen LogP contribution >= 0.6 is 0 Å². The molecule has 0 atom stereocenters. The highest BCUT2D eigenvalue weighted by atomic mass is 15.0. The lowest BCUT2D eigenvalue weighted by molar-refractivity contribution is 1.08. The standard InChI is InChI=1S/C39H25N3/c1-4-11-29-22-33(19-16-26(29)8-1)32-14-7-15-34(25-32)37-40-38(35-20-17-27-9-2-5-12-30(27)23-35)42-39(41-37)36-21-18-28-10-3-6-13-31(28)24-36/h1-25H. The number of fused-ring (bicyclic) bond motifs is 3. The Kier molecular flexibility index (Phi) is 5.79. The van der Waals surface area contributed by atoms with E-state index >= 15 is 0 Å². The molecule has 0 N–H and O–H groups in total. The van der Waals surface area contributed by atoms with Gasteiger partial charge in [-0.1, -0.05) is 127 Å². The van der Waals surface area contributed by atoms with Crippen LogP contribution in [0, 0.1) is 0 Å². The Balaban J connectivity index is 1.29. The molecule has 0 amide bonds. The Hall–Kier alpha value is -5.67. The maximum absolute atomic E-state index is 5.03. The van der Waals surface area contributed by atoms with Crippen molar-refractivity contribution in [2.24, 2.45) is 0 Å². The maximum Gasteiger partial charge on any atom is 0.164 e. The van der Waals surface area contributed by atoms with Crippen molar-refractivity contribution in [1.82, 2.24) is 15.0 Å². The first-order chi connectivity index (χ1) is 20.8. The van der Waals surface area contributed by atoms with E-state index in [2.05, 4.69) is 152 Å². The molecule has 1 aromatic heterocycles. The highest BCUT2D eigenvalue weighted by Gasteiger charge is 2.14. The fourth-order valence-electron chi connectivity index (χ4n) is 5.63. The summed E-state index contributed by atoms with van der Waals surface area (Å²) < 4.78 is 0. The Morgan fingerprint density at radius 1 is 0.238 bits per heavy atom. The van der Waals surface area contributed by atoms with Gasteiger partial charge in [-0.25, -0.2) is 15.0 Å². The van der Waals surface area contributed by atoms with E-state index in [-0.39, 0.29) is 0 Å². The second kappa shape index (κ2) is 10.1. The Labute approximate surface area is 243 Å². The lowest BCUT2D eigenvalue weighted by atomic mass is 9.99. The van der Waals surface area contributed by atoms with Crippen molar-refractivity contribution < 1.29 is 0 Å². The molecule has 42 heavy (non-hydrogen) atoms. The summed E-state index contributed by atoms with van der Waals surface area (Å²) in [6, 6.07) is 53.0. The first-order valence-electron chi connectivity index (χ1n) is 14.1. The Bertz CT molecular complexity index is 2170. The molecule has 8 rings (SSSR count). The van der Waals surface area contributed by atoms with Crippen LogP contribution in [0.3, 0.4) is 0 Å². The molecule has 0 fully saturated rings. The van der Waals surface area contributed by atoms with E-state index in [4.69, 9.17) is 15.0 Å². The van der Waals surface area contributed by atoms with E-state index in [0.717, 1.165) is 38.6 Å². The normalized spacial score (nSPS) is 11.3. The molecule has 8 aromatic rings. The lowest BCUT2D eigenvalue weighted by Crippen LogP contribution is -2.00. The number of aromatic nitrogens is 3. The molecule has 0 saturated carbocycles. The van der Waals surface area contributed by atoms with Gasteiger partial charge < -0.3 is 0 Å². The lowest BCUT2D eigenvalue weighted by Gasteiger charge is -2.11. The van der Waals surface area contributed by atoms with Crippen LogP contribution in [-0.2, 0) is 0 Å². The predicted octanol–water partition coefficient (Wildman–Crippen LogP) is 10.00. The molecule has 0 unspecified atom stereocenters. The summed E-state index contributed by atoms with van der Waals surface area (Å²) >= 11 is 0. The SMILES string of the molecule is c1cc(-c2ccc3ccccc3c2)cc(-c2nc(-c3ccc4ccccc4c3)nc(-c3ccc4ccccc4c3)n2)c1. The molecule has 0 saturated heterocycles. The molecule has 0 radical (unpaired) electrons. The molecule has 0 bridgehead atoms. The number of nitrogens with zero attached hydrogens (tertiary/aromatic N) is 3. The second-order valence-corrected chi connectivity index (χ2v) is 10.6. The highest BCUT2D eigenvalue weighted by molar-refractivity contribution is 5.89. The fourth-order valence-corrected chi connectivity index (χ4v) is 5.63. The molecule has 3 heteroatoms. The number of hydrogen-bond donors (Lipinski definition) is 0. The van der Waals surface area contributed by atoms with Crippen molar-refractivity contribution in [3.05, 3.63) is 152 Å². The van der Waals surface area contributed by atoms with Gasteiger partial charge in [0.1, 0.15) is 0 Å². The van der Waals surface area contributed by atoms with Gasteiger partial charge in [-0.2, -0.15) is 0 Å². The zero-order chi connectivity index (χ0) is 27.9. The molecular weight excluding hydrogens is 510 g/mol. The smallest absolute Gasteiger partial charge is 0.164 e. The van der Waals surface area contributed by atoms with E-state index in [9.17, 15) is 0 Å². The third kappa shape index (κ3) is 4.47. The van der Waals surface area contributed by atoms with Crippen LogP contribution in [0.4, 0.5) is 0 Å². The molecule has 1 heterocycles. The van der Waals surface area contributed by atoms with Crippen LogP contribution in [-0.4, -0.2) is 15.0 Å². The summed E-state index contributed by atoms with van der Waals surface area (Å²) in [6.45, 7) is 0. The summed E-state index contributed by atoms with van der Waals surface area (Å²) in [4.78, 5) is 15.1. The van der Waals surface area contributed by atoms with E-state index in [1.54, 1.807) is 0 Å². The molecule has 7 aromatic carbocycles. The maximum atomic E-state index is 5.03. The Morgan fingerprint density at radius 3 is 1.05 bits per heavy atom. The minimum absolute atomic E-state index is 0.652. The topological polar surface area (TPSA) is 38.7 Å². The third-order valence-electron chi connectivity index (χ3n) is 7.85. The van der Waals surface area contributed by atoms with Gasteiger partial charge >= 0.3 is 0 Å². The van der Waals surface area contributed by atoms with Crippen molar-refractivity contribution in [1.29, 1.82) is 0 Å². The summed E-state index contributed by atoms with van der Waals surface area (Å²) in [5, 5.41) is 7.14. The van der Waals surface area contributed by atoms with Crippen molar-refractivity contribution in [3.8, 4) is 45.3 Å². The average molecular weight is 536 g/mol. The van der Waals surface area contributed by atoms with Gasteiger partial charge in [-0.3, -0.25) is 0 Å². The van der Waals surface area contributed by atoms with Crippen molar-refractivity contribution in [2.75, 3.05) is 0 Å². The molecular formula is C39H25N3. The quantitative estimate of drug-likeness (QED) is 0.225. The summed E-state index contributed by atoms with van der Waals surface area (Å²) in [5.41, 5.74) is 5.16. The van der Waals surface area contributed by atoms with Gasteiger partial charge in [-0.15, -0.1) is 0 Å². The minimum Gasteiger partial charge on any atom is -0.208 e. The molecule has 3 nitrogen and oxygen atoms in total. The second-order valence-electron chi connectivity index (χ2n) is 10.6. The minimum atomic E-state index is 0.652. The van der Waals surface area contributed by atoms with E-state index in [1.807, 2.05) is 0 Å². The Morgan fingerprint density at radius 2 is 0.571 bits per heavy atom. The number of hydrogen-bond acceptors (Lipinski definition) is 3. The molecule has 0 aliphatic heterocycles. The van der Waals surface area contributed by atoms with Crippen molar-refractivity contribution in [2.45, 2.75) is 0 Å². The number of rotatable bonds is 4. The molecule has 0 aliphatic carbocycles. The summed E-state index contributed by atoms with van der Waals surface area (Å²) in [5.74, 6) is 1.97. The molecule has 196 valence electrons. The molecule has 0 aliphatic rings.